The first-order chi connectivity index (χ1) is 7.86. The second kappa shape index (κ2) is 3.76. The van der Waals surface area contributed by atoms with Crippen molar-refractivity contribution in [1.29, 1.82) is 0 Å². The lowest BCUT2D eigenvalue weighted by atomic mass is 10.2. The van der Waals surface area contributed by atoms with E-state index in [1.165, 1.54) is 4.88 Å². The van der Waals surface area contributed by atoms with Crippen LogP contribution in [0.3, 0.4) is 0 Å². The molecule has 0 atom stereocenters. The van der Waals surface area contributed by atoms with Gasteiger partial charge in [0.15, 0.2) is 10.8 Å². The number of fused-ring (bicyclic) bond motifs is 1. The van der Waals surface area contributed by atoms with Gasteiger partial charge in [-0.3, -0.25) is 0 Å². The molecule has 0 aliphatic rings. The minimum absolute atomic E-state index is 0.867. The molecule has 0 fully saturated rings. The van der Waals surface area contributed by atoms with Crippen LogP contribution in [-0.2, 0) is 6.42 Å². The van der Waals surface area contributed by atoms with Crippen LogP contribution in [0.25, 0.3) is 21.7 Å². The highest BCUT2D eigenvalue weighted by atomic mass is 32.1. The Balaban J connectivity index is 2.11. The first-order valence-corrected chi connectivity index (χ1v) is 6.12. The van der Waals surface area contributed by atoms with Gasteiger partial charge in [-0.1, -0.05) is 25.1 Å². The average Bonchev–Trinajstić information content (AvgIpc) is 2.95. The van der Waals surface area contributed by atoms with Gasteiger partial charge in [0.2, 0.25) is 0 Å². The van der Waals surface area contributed by atoms with Crippen molar-refractivity contribution in [3.63, 3.8) is 0 Å². The van der Waals surface area contributed by atoms with E-state index in [9.17, 15) is 0 Å². The summed E-state index contributed by atoms with van der Waals surface area (Å²) >= 11 is 1.70. The maximum Gasteiger partial charge on any atom is 0.164 e. The minimum Gasteiger partial charge on any atom is -0.454 e. The SMILES string of the molecule is CCc1cnc(-c2cc3ccccc3o2)s1. The number of aryl methyl sites for hydroxylation is 1. The van der Waals surface area contributed by atoms with Crippen LogP contribution in [0.5, 0.6) is 0 Å². The molecule has 16 heavy (non-hydrogen) atoms. The minimum atomic E-state index is 0.867. The lowest BCUT2D eigenvalue weighted by Crippen LogP contribution is -1.66. The number of para-hydroxylation sites is 1. The van der Waals surface area contributed by atoms with Gasteiger partial charge in [-0.2, -0.15) is 0 Å². The fraction of sp³-hybridized carbons (Fsp3) is 0.154. The first-order valence-electron chi connectivity index (χ1n) is 5.30. The van der Waals surface area contributed by atoms with Crippen LogP contribution in [0.2, 0.25) is 0 Å². The average molecular weight is 229 g/mol. The third-order valence-corrected chi connectivity index (χ3v) is 3.69. The molecular weight excluding hydrogens is 218 g/mol. The van der Waals surface area contributed by atoms with Crippen LogP contribution in [0.1, 0.15) is 11.8 Å². The van der Waals surface area contributed by atoms with Gasteiger partial charge < -0.3 is 4.42 Å². The Kier molecular flexibility index (Phi) is 2.26. The molecule has 3 rings (SSSR count). The van der Waals surface area contributed by atoms with E-state index in [4.69, 9.17) is 4.42 Å². The number of hydrogen-bond acceptors (Lipinski definition) is 3. The van der Waals surface area contributed by atoms with E-state index < -0.39 is 0 Å². The number of aromatic nitrogens is 1. The number of nitrogens with zero attached hydrogens (tertiary/aromatic N) is 1. The zero-order valence-corrected chi connectivity index (χ0v) is 9.75. The maximum atomic E-state index is 5.76. The number of benzene rings is 1. The molecule has 0 radical (unpaired) electrons. The molecule has 0 spiro atoms. The van der Waals surface area contributed by atoms with Gasteiger partial charge in [0.05, 0.1) is 0 Å². The molecule has 3 aromatic rings. The van der Waals surface area contributed by atoms with Crippen LogP contribution in [-0.4, -0.2) is 4.98 Å². The Labute approximate surface area is 97.6 Å². The second-order valence-corrected chi connectivity index (χ2v) is 4.75. The maximum absolute atomic E-state index is 5.76. The summed E-state index contributed by atoms with van der Waals surface area (Å²) in [5, 5.41) is 2.10. The molecule has 80 valence electrons. The molecule has 1 aromatic carbocycles. The van der Waals surface area contributed by atoms with E-state index in [0.717, 1.165) is 28.2 Å². The molecule has 2 heterocycles. The molecule has 0 saturated heterocycles. The highest BCUT2D eigenvalue weighted by Crippen LogP contribution is 2.30. The van der Waals surface area contributed by atoms with Crippen LogP contribution in [0.4, 0.5) is 0 Å². The lowest BCUT2D eigenvalue weighted by molar-refractivity contribution is 0.631. The van der Waals surface area contributed by atoms with E-state index in [0.29, 0.717) is 0 Å². The zero-order valence-electron chi connectivity index (χ0n) is 8.93. The molecule has 0 unspecified atom stereocenters. The van der Waals surface area contributed by atoms with Gasteiger partial charge in [0.25, 0.3) is 0 Å². The van der Waals surface area contributed by atoms with E-state index in [1.807, 2.05) is 30.5 Å². The Morgan fingerprint density at radius 3 is 2.94 bits per heavy atom. The van der Waals surface area contributed by atoms with Crippen molar-refractivity contribution in [3.8, 4) is 10.8 Å². The molecule has 3 heteroatoms. The summed E-state index contributed by atoms with van der Waals surface area (Å²) in [7, 11) is 0. The summed E-state index contributed by atoms with van der Waals surface area (Å²) in [6, 6.07) is 10.1. The van der Waals surface area contributed by atoms with Crippen molar-refractivity contribution < 1.29 is 4.42 Å². The van der Waals surface area contributed by atoms with Crippen molar-refractivity contribution in [3.05, 3.63) is 41.4 Å². The fourth-order valence-corrected chi connectivity index (χ4v) is 2.48. The smallest absolute Gasteiger partial charge is 0.164 e. The second-order valence-electron chi connectivity index (χ2n) is 3.63. The van der Waals surface area contributed by atoms with Gasteiger partial charge in [-0.05, 0) is 18.6 Å². The van der Waals surface area contributed by atoms with Crippen LogP contribution in [0, 0.1) is 0 Å². The van der Waals surface area contributed by atoms with Crippen molar-refractivity contribution in [2.75, 3.05) is 0 Å². The Morgan fingerprint density at radius 2 is 2.19 bits per heavy atom. The van der Waals surface area contributed by atoms with Gasteiger partial charge >= 0.3 is 0 Å². The summed E-state index contributed by atoms with van der Waals surface area (Å²) in [4.78, 5) is 5.66. The zero-order chi connectivity index (χ0) is 11.0. The molecule has 0 aliphatic carbocycles. The van der Waals surface area contributed by atoms with Gasteiger partial charge in [-0.25, -0.2) is 4.98 Å². The van der Waals surface area contributed by atoms with Crippen molar-refractivity contribution in [1.82, 2.24) is 4.98 Å². The monoisotopic (exact) mass is 229 g/mol. The normalized spacial score (nSPS) is 11.1. The van der Waals surface area contributed by atoms with Gasteiger partial charge in [0.1, 0.15) is 5.58 Å². The van der Waals surface area contributed by atoms with Crippen molar-refractivity contribution in [2.24, 2.45) is 0 Å². The number of rotatable bonds is 2. The summed E-state index contributed by atoms with van der Waals surface area (Å²) in [6.07, 6.45) is 2.95. The molecular formula is C13H11NOS. The quantitative estimate of drug-likeness (QED) is 0.660. The summed E-state index contributed by atoms with van der Waals surface area (Å²) in [5.74, 6) is 0.867. The largest absolute Gasteiger partial charge is 0.454 e. The van der Waals surface area contributed by atoms with E-state index >= 15 is 0 Å². The molecule has 2 aromatic heterocycles. The first kappa shape index (κ1) is 9.60. The highest BCUT2D eigenvalue weighted by Gasteiger charge is 2.09. The fourth-order valence-electron chi connectivity index (χ4n) is 1.67. The standard InChI is InChI=1S/C13H11NOS/c1-2-10-8-14-13(16-10)12-7-9-5-3-4-6-11(9)15-12/h3-8H,2H2,1H3. The molecule has 0 amide bonds. The summed E-state index contributed by atoms with van der Waals surface area (Å²) in [5.41, 5.74) is 0.922. The van der Waals surface area contributed by atoms with E-state index in [-0.39, 0.29) is 0 Å². The molecule has 0 aliphatic heterocycles. The van der Waals surface area contributed by atoms with Crippen LogP contribution in [0.15, 0.2) is 40.9 Å². The number of furan rings is 1. The topological polar surface area (TPSA) is 26.0 Å². The van der Waals surface area contributed by atoms with Crippen LogP contribution >= 0.6 is 11.3 Å². The molecule has 2 nitrogen and oxygen atoms in total. The number of hydrogen-bond donors (Lipinski definition) is 0. The molecule has 0 N–H and O–H groups in total. The van der Waals surface area contributed by atoms with Gasteiger partial charge in [0, 0.05) is 16.5 Å². The third kappa shape index (κ3) is 1.53. The van der Waals surface area contributed by atoms with Crippen molar-refractivity contribution in [2.45, 2.75) is 13.3 Å². The Hall–Kier alpha value is -1.61. The molecule has 0 bridgehead atoms. The third-order valence-electron chi connectivity index (χ3n) is 2.54. The highest BCUT2D eigenvalue weighted by molar-refractivity contribution is 7.14. The summed E-state index contributed by atoms with van der Waals surface area (Å²) in [6.45, 7) is 2.13. The number of thiazole rings is 1. The Bertz CT molecular complexity index is 590. The summed E-state index contributed by atoms with van der Waals surface area (Å²) < 4.78 is 5.76. The van der Waals surface area contributed by atoms with Crippen LogP contribution < -0.4 is 0 Å². The Morgan fingerprint density at radius 1 is 1.31 bits per heavy atom. The van der Waals surface area contributed by atoms with E-state index in [2.05, 4.69) is 18.0 Å². The van der Waals surface area contributed by atoms with Gasteiger partial charge in [-0.15, -0.1) is 11.3 Å². The lowest BCUT2D eigenvalue weighted by Gasteiger charge is -1.86. The molecule has 0 saturated carbocycles. The predicted molar refractivity (Wildman–Crippen MR) is 66.7 cm³/mol. The van der Waals surface area contributed by atoms with Crippen molar-refractivity contribution >= 4 is 22.3 Å². The van der Waals surface area contributed by atoms with E-state index in [1.54, 1.807) is 11.3 Å². The predicted octanol–water partition coefficient (Wildman–Crippen LogP) is 4.12.